The highest BCUT2D eigenvalue weighted by Gasteiger charge is 2.07. The lowest BCUT2D eigenvalue weighted by Crippen LogP contribution is -2.17. The Morgan fingerprint density at radius 2 is 2.05 bits per heavy atom. The van der Waals surface area contributed by atoms with Gasteiger partial charge in [-0.1, -0.05) is 6.07 Å². The Labute approximate surface area is 112 Å². The summed E-state index contributed by atoms with van der Waals surface area (Å²) < 4.78 is 1.17. The first kappa shape index (κ1) is 11.7. The first-order valence-electron chi connectivity index (χ1n) is 5.70. The van der Waals surface area contributed by atoms with Crippen molar-refractivity contribution in [3.05, 3.63) is 63.9 Å². The van der Waals surface area contributed by atoms with Gasteiger partial charge in [0, 0.05) is 16.5 Å². The van der Waals surface area contributed by atoms with E-state index in [1.54, 1.807) is 23.5 Å². The maximum Gasteiger partial charge on any atom is 0.272 e. The van der Waals surface area contributed by atoms with Gasteiger partial charge >= 0.3 is 0 Å². The second-order valence-electron chi connectivity index (χ2n) is 4.06. The number of thiophene rings is 1. The van der Waals surface area contributed by atoms with Gasteiger partial charge in [0.2, 0.25) is 5.56 Å². The van der Waals surface area contributed by atoms with Crippen LogP contribution < -0.4 is 10.9 Å². The molecule has 0 aliphatic rings. The summed E-state index contributed by atoms with van der Waals surface area (Å²) in [6.07, 6.45) is 0. The molecule has 3 aromatic rings. The van der Waals surface area contributed by atoms with Crippen molar-refractivity contribution in [1.82, 2.24) is 4.98 Å². The molecule has 0 unspecified atom stereocenters. The number of hydrogen-bond acceptors (Lipinski definition) is 3. The number of pyridine rings is 1. The standard InChI is InChI=1S/C14H10N2O2S/c17-13-3-1-2-11(16-13)14(18)15-10-4-5-12-9(8-10)6-7-19-12/h1-8H,(H,15,18)(H,16,17). The Bertz CT molecular complexity index is 804. The van der Waals surface area contributed by atoms with Crippen molar-refractivity contribution >= 4 is 33.0 Å². The van der Waals surface area contributed by atoms with E-state index in [0.29, 0.717) is 5.69 Å². The molecule has 1 amide bonds. The fourth-order valence-electron chi connectivity index (χ4n) is 1.82. The number of amides is 1. The normalized spacial score (nSPS) is 10.5. The second-order valence-corrected chi connectivity index (χ2v) is 5.00. The Balaban J connectivity index is 1.88. The summed E-state index contributed by atoms with van der Waals surface area (Å²) in [4.78, 5) is 25.6. The van der Waals surface area contributed by atoms with Gasteiger partial charge in [0.25, 0.3) is 5.91 Å². The van der Waals surface area contributed by atoms with E-state index in [-0.39, 0.29) is 17.2 Å². The van der Waals surface area contributed by atoms with Crippen LogP contribution in [0.5, 0.6) is 0 Å². The monoisotopic (exact) mass is 270 g/mol. The lowest BCUT2D eigenvalue weighted by atomic mass is 10.2. The molecule has 0 bridgehead atoms. The first-order chi connectivity index (χ1) is 9.22. The Kier molecular flexibility index (Phi) is 2.89. The van der Waals surface area contributed by atoms with Crippen LogP contribution in [0.1, 0.15) is 10.5 Å². The highest BCUT2D eigenvalue weighted by Crippen LogP contribution is 2.24. The molecular formula is C14H10N2O2S. The Morgan fingerprint density at radius 3 is 2.89 bits per heavy atom. The summed E-state index contributed by atoms with van der Waals surface area (Å²) in [5.41, 5.74) is 0.666. The van der Waals surface area contributed by atoms with Crippen molar-refractivity contribution in [2.45, 2.75) is 0 Å². The summed E-state index contributed by atoms with van der Waals surface area (Å²) in [6, 6.07) is 12.2. The maximum atomic E-state index is 12.0. The van der Waals surface area contributed by atoms with Crippen LogP contribution in [0.25, 0.3) is 10.1 Å². The van der Waals surface area contributed by atoms with Crippen molar-refractivity contribution in [2.75, 3.05) is 5.32 Å². The van der Waals surface area contributed by atoms with E-state index in [2.05, 4.69) is 10.3 Å². The maximum absolute atomic E-state index is 12.0. The summed E-state index contributed by atoms with van der Waals surface area (Å²) in [5, 5.41) is 5.86. The molecule has 1 aromatic carbocycles. The van der Waals surface area contributed by atoms with Crippen LogP contribution in [0, 0.1) is 0 Å². The quantitative estimate of drug-likeness (QED) is 0.752. The molecule has 0 saturated heterocycles. The molecule has 4 nitrogen and oxygen atoms in total. The van der Waals surface area contributed by atoms with Crippen molar-refractivity contribution in [3.63, 3.8) is 0 Å². The molecule has 94 valence electrons. The minimum Gasteiger partial charge on any atom is -0.321 e. The van der Waals surface area contributed by atoms with Crippen LogP contribution in [0.4, 0.5) is 5.69 Å². The fraction of sp³-hybridized carbons (Fsp3) is 0. The summed E-state index contributed by atoms with van der Waals surface area (Å²) in [7, 11) is 0. The molecule has 0 fully saturated rings. The fourth-order valence-corrected chi connectivity index (χ4v) is 2.59. The van der Waals surface area contributed by atoms with Crippen molar-refractivity contribution in [1.29, 1.82) is 0 Å². The van der Waals surface area contributed by atoms with E-state index >= 15 is 0 Å². The van der Waals surface area contributed by atoms with E-state index in [9.17, 15) is 9.59 Å². The van der Waals surface area contributed by atoms with Crippen LogP contribution in [-0.4, -0.2) is 10.9 Å². The largest absolute Gasteiger partial charge is 0.321 e. The van der Waals surface area contributed by atoms with Gasteiger partial charge in [-0.3, -0.25) is 9.59 Å². The topological polar surface area (TPSA) is 62.0 Å². The SMILES string of the molecule is O=C(Nc1ccc2sccc2c1)c1cccc(=O)[nH]1. The van der Waals surface area contributed by atoms with Crippen molar-refractivity contribution in [2.24, 2.45) is 0 Å². The van der Waals surface area contributed by atoms with Crippen LogP contribution in [0.3, 0.4) is 0 Å². The zero-order valence-electron chi connectivity index (χ0n) is 9.84. The molecule has 2 heterocycles. The molecule has 0 spiro atoms. The summed E-state index contributed by atoms with van der Waals surface area (Å²) in [6.45, 7) is 0. The van der Waals surface area contributed by atoms with Crippen molar-refractivity contribution in [3.8, 4) is 0 Å². The minimum absolute atomic E-state index is 0.248. The van der Waals surface area contributed by atoms with E-state index in [1.165, 1.54) is 10.8 Å². The smallest absolute Gasteiger partial charge is 0.272 e. The molecule has 0 radical (unpaired) electrons. The molecule has 0 aliphatic heterocycles. The molecule has 0 atom stereocenters. The average molecular weight is 270 g/mol. The van der Waals surface area contributed by atoms with Crippen LogP contribution in [-0.2, 0) is 0 Å². The van der Waals surface area contributed by atoms with E-state index in [0.717, 1.165) is 5.39 Å². The molecule has 2 N–H and O–H groups in total. The highest BCUT2D eigenvalue weighted by molar-refractivity contribution is 7.17. The van der Waals surface area contributed by atoms with Crippen molar-refractivity contribution < 1.29 is 4.79 Å². The van der Waals surface area contributed by atoms with E-state index < -0.39 is 0 Å². The third-order valence-corrected chi connectivity index (χ3v) is 3.62. The highest BCUT2D eigenvalue weighted by atomic mass is 32.1. The van der Waals surface area contributed by atoms with Gasteiger partial charge in [0.1, 0.15) is 5.69 Å². The Morgan fingerprint density at radius 1 is 1.16 bits per heavy atom. The molecular weight excluding hydrogens is 260 g/mol. The van der Waals surface area contributed by atoms with E-state index in [1.807, 2.05) is 29.6 Å². The number of aromatic nitrogens is 1. The average Bonchev–Trinajstić information content (AvgIpc) is 2.86. The number of fused-ring (bicyclic) bond motifs is 1. The van der Waals surface area contributed by atoms with Crippen LogP contribution in [0.2, 0.25) is 0 Å². The molecule has 0 saturated carbocycles. The lowest BCUT2D eigenvalue weighted by molar-refractivity contribution is 0.102. The molecule has 19 heavy (non-hydrogen) atoms. The van der Waals surface area contributed by atoms with Gasteiger partial charge in [0.15, 0.2) is 0 Å². The summed E-state index contributed by atoms with van der Waals surface area (Å²) >= 11 is 1.65. The van der Waals surface area contributed by atoms with Gasteiger partial charge < -0.3 is 10.3 Å². The predicted molar refractivity (Wildman–Crippen MR) is 76.8 cm³/mol. The third-order valence-electron chi connectivity index (χ3n) is 2.72. The zero-order chi connectivity index (χ0) is 13.2. The predicted octanol–water partition coefficient (Wildman–Crippen LogP) is 2.84. The van der Waals surface area contributed by atoms with Gasteiger partial charge in [-0.05, 0) is 41.1 Å². The van der Waals surface area contributed by atoms with Gasteiger partial charge in [-0.2, -0.15) is 0 Å². The molecule has 3 rings (SSSR count). The first-order valence-corrected chi connectivity index (χ1v) is 6.58. The second kappa shape index (κ2) is 4.70. The van der Waals surface area contributed by atoms with E-state index in [4.69, 9.17) is 0 Å². The Hall–Kier alpha value is -2.40. The van der Waals surface area contributed by atoms with Crippen LogP contribution in [0.15, 0.2) is 52.6 Å². The number of anilines is 1. The van der Waals surface area contributed by atoms with Gasteiger partial charge in [0.05, 0.1) is 0 Å². The number of H-pyrrole nitrogens is 1. The molecule has 5 heteroatoms. The number of carbonyl (C=O) groups is 1. The van der Waals surface area contributed by atoms with Gasteiger partial charge in [-0.25, -0.2) is 0 Å². The number of benzene rings is 1. The molecule has 0 aliphatic carbocycles. The summed E-state index contributed by atoms with van der Waals surface area (Å²) in [5.74, 6) is -0.327. The minimum atomic E-state index is -0.327. The van der Waals surface area contributed by atoms with Crippen LogP contribution >= 0.6 is 11.3 Å². The van der Waals surface area contributed by atoms with Gasteiger partial charge in [-0.15, -0.1) is 11.3 Å². The number of carbonyl (C=O) groups excluding carboxylic acids is 1. The number of rotatable bonds is 2. The number of aromatic amines is 1. The zero-order valence-corrected chi connectivity index (χ0v) is 10.7. The number of nitrogens with one attached hydrogen (secondary N) is 2. The number of hydrogen-bond donors (Lipinski definition) is 2. The molecule has 2 aromatic heterocycles. The third kappa shape index (κ3) is 2.41. The lowest BCUT2D eigenvalue weighted by Gasteiger charge is -2.05.